The lowest BCUT2D eigenvalue weighted by Crippen LogP contribution is -2.27. The van der Waals surface area contributed by atoms with Crippen molar-refractivity contribution in [2.24, 2.45) is 17.8 Å². The maximum atomic E-state index is 11.5. The minimum absolute atomic E-state index is 0.397. The number of hydrogen-bond donors (Lipinski definition) is 0. The van der Waals surface area contributed by atoms with E-state index in [2.05, 4.69) is 12.2 Å². The van der Waals surface area contributed by atoms with Crippen LogP contribution in [0.3, 0.4) is 0 Å². The zero-order valence-corrected chi connectivity index (χ0v) is 10.5. The maximum absolute atomic E-state index is 11.5. The predicted molar refractivity (Wildman–Crippen MR) is 64.9 cm³/mol. The average Bonchev–Trinajstić information content (AvgIpc) is 3.00. The van der Waals surface area contributed by atoms with Crippen molar-refractivity contribution < 1.29 is 19.0 Å². The molecule has 18 heavy (non-hydrogen) atoms. The fourth-order valence-corrected chi connectivity index (χ4v) is 3.21. The molecule has 3 aliphatic rings. The highest BCUT2D eigenvalue weighted by Crippen LogP contribution is 2.43. The Morgan fingerprint density at radius 2 is 2.22 bits per heavy atom. The molecule has 100 valence electrons. The van der Waals surface area contributed by atoms with Crippen molar-refractivity contribution in [2.45, 2.75) is 38.4 Å². The molecule has 0 aromatic rings. The van der Waals surface area contributed by atoms with Crippen molar-refractivity contribution in [3.63, 3.8) is 0 Å². The van der Waals surface area contributed by atoms with Gasteiger partial charge < -0.3 is 14.2 Å². The van der Waals surface area contributed by atoms with E-state index < -0.39 is 12.4 Å². The van der Waals surface area contributed by atoms with E-state index in [1.165, 1.54) is 6.42 Å². The van der Waals surface area contributed by atoms with Crippen LogP contribution in [0.4, 0.5) is 4.79 Å². The Labute approximate surface area is 107 Å². The van der Waals surface area contributed by atoms with Gasteiger partial charge in [0.1, 0.15) is 0 Å². The van der Waals surface area contributed by atoms with Crippen molar-refractivity contribution in [2.75, 3.05) is 13.2 Å². The zero-order valence-electron chi connectivity index (χ0n) is 10.5. The molecule has 0 spiro atoms. The van der Waals surface area contributed by atoms with Crippen LogP contribution in [0.1, 0.15) is 32.1 Å². The average molecular weight is 252 g/mol. The second-order valence-electron chi connectivity index (χ2n) is 5.52. The van der Waals surface area contributed by atoms with E-state index in [9.17, 15) is 4.79 Å². The molecule has 1 saturated heterocycles. The summed E-state index contributed by atoms with van der Waals surface area (Å²) in [4.78, 5) is 11.5. The molecule has 0 N–H and O–H groups in total. The standard InChI is InChI=1S/C14H20O4/c15-14(18-13-3-1-2-6-16-13)17-9-12-8-10-4-5-11(12)7-10/h4-5,10-13H,1-3,6-9H2. The van der Waals surface area contributed by atoms with Gasteiger partial charge >= 0.3 is 6.16 Å². The molecule has 4 heteroatoms. The van der Waals surface area contributed by atoms with Gasteiger partial charge in [-0.05, 0) is 37.5 Å². The van der Waals surface area contributed by atoms with E-state index in [1.54, 1.807) is 0 Å². The molecule has 1 aliphatic heterocycles. The van der Waals surface area contributed by atoms with Gasteiger partial charge in [0.05, 0.1) is 13.2 Å². The SMILES string of the molecule is O=C(OCC1CC2C=CC1C2)OC1CCCCO1. The van der Waals surface area contributed by atoms with Crippen molar-refractivity contribution in [3.05, 3.63) is 12.2 Å². The van der Waals surface area contributed by atoms with Crippen molar-refractivity contribution in [3.8, 4) is 0 Å². The molecule has 0 aromatic heterocycles. The Hall–Kier alpha value is -1.03. The zero-order chi connectivity index (χ0) is 12.4. The van der Waals surface area contributed by atoms with Gasteiger partial charge in [-0.15, -0.1) is 0 Å². The molecule has 4 unspecified atom stereocenters. The van der Waals surface area contributed by atoms with Gasteiger partial charge in [0.2, 0.25) is 6.29 Å². The normalized spacial score (nSPS) is 37.8. The summed E-state index contributed by atoms with van der Waals surface area (Å²) < 4.78 is 15.7. The Morgan fingerprint density at radius 3 is 2.89 bits per heavy atom. The summed E-state index contributed by atoms with van der Waals surface area (Å²) in [5.74, 6) is 1.80. The third-order valence-electron chi connectivity index (χ3n) is 4.20. The van der Waals surface area contributed by atoms with E-state index in [-0.39, 0.29) is 0 Å². The molecular formula is C14H20O4. The number of rotatable bonds is 3. The Morgan fingerprint density at radius 1 is 1.28 bits per heavy atom. The van der Waals surface area contributed by atoms with Crippen LogP contribution in [0, 0.1) is 17.8 Å². The first-order valence-corrected chi connectivity index (χ1v) is 6.94. The largest absolute Gasteiger partial charge is 0.510 e. The third-order valence-corrected chi connectivity index (χ3v) is 4.20. The van der Waals surface area contributed by atoms with Crippen LogP contribution in [-0.4, -0.2) is 25.7 Å². The number of ether oxygens (including phenoxy) is 3. The number of allylic oxidation sites excluding steroid dienone is 2. The van der Waals surface area contributed by atoms with E-state index in [0.29, 0.717) is 31.0 Å². The van der Waals surface area contributed by atoms with Gasteiger partial charge in [0.25, 0.3) is 0 Å². The molecule has 2 bridgehead atoms. The molecule has 2 fully saturated rings. The summed E-state index contributed by atoms with van der Waals surface area (Å²) >= 11 is 0. The fourth-order valence-electron chi connectivity index (χ4n) is 3.21. The number of carbonyl (C=O) groups is 1. The van der Waals surface area contributed by atoms with Gasteiger partial charge in [0.15, 0.2) is 0 Å². The van der Waals surface area contributed by atoms with E-state index in [1.807, 2.05) is 0 Å². The van der Waals surface area contributed by atoms with Crippen LogP contribution in [0.25, 0.3) is 0 Å². The van der Waals surface area contributed by atoms with Gasteiger partial charge in [0, 0.05) is 12.3 Å². The van der Waals surface area contributed by atoms with Gasteiger partial charge in [-0.1, -0.05) is 12.2 Å². The Balaban J connectivity index is 1.37. The molecule has 0 aromatic carbocycles. The molecule has 4 atom stereocenters. The maximum Gasteiger partial charge on any atom is 0.510 e. The van der Waals surface area contributed by atoms with Crippen molar-refractivity contribution >= 4 is 6.16 Å². The molecular weight excluding hydrogens is 232 g/mol. The number of carbonyl (C=O) groups excluding carboxylic acids is 1. The molecule has 1 heterocycles. The Kier molecular flexibility index (Phi) is 3.55. The number of fused-ring (bicyclic) bond motifs is 2. The molecule has 4 nitrogen and oxygen atoms in total. The lowest BCUT2D eigenvalue weighted by molar-refractivity contribution is -0.143. The summed E-state index contributed by atoms with van der Waals surface area (Å²) in [5, 5.41) is 0. The molecule has 0 amide bonds. The number of hydrogen-bond acceptors (Lipinski definition) is 4. The second-order valence-corrected chi connectivity index (χ2v) is 5.52. The minimum atomic E-state index is -0.575. The highest BCUT2D eigenvalue weighted by Gasteiger charge is 2.36. The van der Waals surface area contributed by atoms with Gasteiger partial charge in [-0.25, -0.2) is 4.79 Å². The van der Waals surface area contributed by atoms with E-state index in [0.717, 1.165) is 25.7 Å². The summed E-state index contributed by atoms with van der Waals surface area (Å²) in [6, 6.07) is 0. The molecule has 0 radical (unpaired) electrons. The fraction of sp³-hybridized carbons (Fsp3) is 0.786. The first-order chi connectivity index (χ1) is 8.81. The molecule has 3 rings (SSSR count). The quantitative estimate of drug-likeness (QED) is 0.572. The van der Waals surface area contributed by atoms with E-state index >= 15 is 0 Å². The third kappa shape index (κ3) is 2.69. The van der Waals surface area contributed by atoms with Crippen molar-refractivity contribution in [1.29, 1.82) is 0 Å². The van der Waals surface area contributed by atoms with Crippen LogP contribution in [0.5, 0.6) is 0 Å². The molecule has 1 saturated carbocycles. The first kappa shape index (κ1) is 12.0. The van der Waals surface area contributed by atoms with Crippen LogP contribution in [0.15, 0.2) is 12.2 Å². The van der Waals surface area contributed by atoms with Crippen LogP contribution in [0.2, 0.25) is 0 Å². The lowest BCUT2D eigenvalue weighted by Gasteiger charge is -2.23. The van der Waals surface area contributed by atoms with Crippen molar-refractivity contribution in [1.82, 2.24) is 0 Å². The topological polar surface area (TPSA) is 44.8 Å². The summed E-state index contributed by atoms with van der Waals surface area (Å²) in [5.41, 5.74) is 0. The van der Waals surface area contributed by atoms with E-state index in [4.69, 9.17) is 14.2 Å². The minimum Gasteiger partial charge on any atom is -0.434 e. The van der Waals surface area contributed by atoms with Gasteiger partial charge in [-0.2, -0.15) is 0 Å². The predicted octanol–water partition coefficient (Wildman–Crippen LogP) is 2.88. The van der Waals surface area contributed by atoms with Crippen LogP contribution in [-0.2, 0) is 14.2 Å². The lowest BCUT2D eigenvalue weighted by atomic mass is 9.95. The van der Waals surface area contributed by atoms with Crippen LogP contribution >= 0.6 is 0 Å². The highest BCUT2D eigenvalue weighted by molar-refractivity contribution is 5.60. The molecule has 2 aliphatic carbocycles. The summed E-state index contributed by atoms with van der Waals surface area (Å²) in [6.07, 6.45) is 8.84. The van der Waals surface area contributed by atoms with Gasteiger partial charge in [-0.3, -0.25) is 0 Å². The highest BCUT2D eigenvalue weighted by atomic mass is 16.8. The van der Waals surface area contributed by atoms with Crippen LogP contribution < -0.4 is 0 Å². The summed E-state index contributed by atoms with van der Waals surface area (Å²) in [7, 11) is 0. The smallest absolute Gasteiger partial charge is 0.434 e. The monoisotopic (exact) mass is 252 g/mol. The Bertz CT molecular complexity index is 333. The first-order valence-electron chi connectivity index (χ1n) is 6.94. The second kappa shape index (κ2) is 5.31. The summed E-state index contributed by atoms with van der Waals surface area (Å²) in [6.45, 7) is 1.16.